The maximum atomic E-state index is 10.3. The second-order valence-electron chi connectivity index (χ2n) is 6.41. The van der Waals surface area contributed by atoms with Crippen LogP contribution in [0.1, 0.15) is 96.8 Å². The first-order chi connectivity index (χ1) is 11.8. The van der Waals surface area contributed by atoms with Crippen molar-refractivity contribution in [3.63, 3.8) is 0 Å². The second-order valence-corrected chi connectivity index (χ2v) is 6.41. The van der Waals surface area contributed by atoms with Crippen LogP contribution in [0.15, 0.2) is 36.5 Å². The van der Waals surface area contributed by atoms with Gasteiger partial charge in [0.2, 0.25) is 0 Å². The summed E-state index contributed by atoms with van der Waals surface area (Å²) in [6, 6.07) is 0. The van der Waals surface area contributed by atoms with Crippen molar-refractivity contribution < 1.29 is 9.90 Å². The van der Waals surface area contributed by atoms with Crippen molar-refractivity contribution in [3.05, 3.63) is 36.5 Å². The Balaban J connectivity index is 3.27. The van der Waals surface area contributed by atoms with Crippen LogP contribution in [-0.2, 0) is 4.79 Å². The molecule has 0 aromatic heterocycles. The van der Waals surface area contributed by atoms with Crippen LogP contribution in [0.5, 0.6) is 0 Å². The highest BCUT2D eigenvalue weighted by atomic mass is 16.4. The molecule has 2 heteroatoms. The van der Waals surface area contributed by atoms with Crippen molar-refractivity contribution in [1.82, 2.24) is 0 Å². The smallest absolute Gasteiger partial charge is 0.303 e. The normalized spacial score (nSPS) is 12.0. The number of allylic oxidation sites excluding steroid dienone is 6. The lowest BCUT2D eigenvalue weighted by Gasteiger charge is -1.97. The quantitative estimate of drug-likeness (QED) is 0.225. The van der Waals surface area contributed by atoms with E-state index in [1.165, 1.54) is 44.9 Å². The van der Waals surface area contributed by atoms with Crippen LogP contribution in [-0.4, -0.2) is 11.1 Å². The molecular weight excluding hydrogens is 296 g/mol. The molecule has 0 aliphatic rings. The second kappa shape index (κ2) is 19.7. The van der Waals surface area contributed by atoms with Crippen LogP contribution >= 0.6 is 0 Å². The molecule has 0 aliphatic heterocycles. The van der Waals surface area contributed by atoms with E-state index in [0.717, 1.165) is 38.5 Å². The lowest BCUT2D eigenvalue weighted by molar-refractivity contribution is -0.137. The van der Waals surface area contributed by atoms with Gasteiger partial charge in [0.1, 0.15) is 0 Å². The molecule has 0 saturated carbocycles. The molecule has 138 valence electrons. The minimum absolute atomic E-state index is 0.274. The Morgan fingerprint density at radius 1 is 0.625 bits per heavy atom. The third kappa shape index (κ3) is 20.7. The average Bonchev–Trinajstić information content (AvgIpc) is 2.56. The first kappa shape index (κ1) is 22.7. The maximum absolute atomic E-state index is 10.3. The summed E-state index contributed by atoms with van der Waals surface area (Å²) in [5.41, 5.74) is 0. The molecule has 1 N–H and O–H groups in total. The Morgan fingerprint density at radius 2 is 1.04 bits per heavy atom. The molecule has 0 aromatic rings. The summed E-state index contributed by atoms with van der Waals surface area (Å²) in [7, 11) is 0. The van der Waals surface area contributed by atoms with Crippen LogP contribution in [0.25, 0.3) is 0 Å². The Kier molecular flexibility index (Phi) is 18.7. The van der Waals surface area contributed by atoms with Gasteiger partial charge in [0.15, 0.2) is 0 Å². The van der Waals surface area contributed by atoms with Crippen LogP contribution < -0.4 is 0 Å². The SMILES string of the molecule is CCCCCCCC/C=C\CC/C=C\CC/C=C\CCCC(=O)O. The van der Waals surface area contributed by atoms with E-state index in [-0.39, 0.29) is 6.42 Å². The molecule has 0 saturated heterocycles. The number of hydrogen-bond acceptors (Lipinski definition) is 1. The van der Waals surface area contributed by atoms with Gasteiger partial charge >= 0.3 is 5.97 Å². The van der Waals surface area contributed by atoms with Gasteiger partial charge in [0.25, 0.3) is 0 Å². The summed E-state index contributed by atoms with van der Waals surface area (Å²) in [6.45, 7) is 2.26. The fourth-order valence-electron chi connectivity index (χ4n) is 2.51. The molecule has 0 spiro atoms. The number of carboxylic acids is 1. The predicted octanol–water partition coefficient (Wildman–Crippen LogP) is 7.22. The zero-order valence-electron chi connectivity index (χ0n) is 15.7. The highest BCUT2D eigenvalue weighted by Crippen LogP contribution is 2.07. The van der Waals surface area contributed by atoms with E-state index in [1.54, 1.807) is 0 Å². The van der Waals surface area contributed by atoms with Gasteiger partial charge in [-0.1, -0.05) is 75.5 Å². The fraction of sp³-hybridized carbons (Fsp3) is 0.682. The molecule has 0 amide bonds. The molecule has 2 nitrogen and oxygen atoms in total. The number of rotatable bonds is 17. The minimum Gasteiger partial charge on any atom is -0.481 e. The Hall–Kier alpha value is -1.31. The first-order valence-electron chi connectivity index (χ1n) is 9.94. The summed E-state index contributed by atoms with van der Waals surface area (Å²) in [5, 5.41) is 8.52. The van der Waals surface area contributed by atoms with Gasteiger partial charge in [0.05, 0.1) is 0 Å². The van der Waals surface area contributed by atoms with Gasteiger partial charge in [-0.3, -0.25) is 4.79 Å². The predicted molar refractivity (Wildman–Crippen MR) is 105 cm³/mol. The molecule has 0 aliphatic carbocycles. The number of carbonyl (C=O) groups is 1. The Morgan fingerprint density at radius 3 is 1.54 bits per heavy atom. The third-order valence-corrected chi connectivity index (χ3v) is 3.99. The number of aliphatic carboxylic acids is 1. The highest BCUT2D eigenvalue weighted by molar-refractivity contribution is 5.66. The first-order valence-corrected chi connectivity index (χ1v) is 9.94. The van der Waals surface area contributed by atoms with E-state index in [0.29, 0.717) is 0 Å². The minimum atomic E-state index is -0.702. The molecular formula is C22H38O2. The third-order valence-electron chi connectivity index (χ3n) is 3.99. The van der Waals surface area contributed by atoms with Gasteiger partial charge in [-0.2, -0.15) is 0 Å². The molecule has 0 bridgehead atoms. The molecule has 24 heavy (non-hydrogen) atoms. The van der Waals surface area contributed by atoms with E-state index in [4.69, 9.17) is 5.11 Å². The molecule has 0 aromatic carbocycles. The van der Waals surface area contributed by atoms with Crippen LogP contribution in [0.3, 0.4) is 0 Å². The fourth-order valence-corrected chi connectivity index (χ4v) is 2.51. The summed E-state index contributed by atoms with van der Waals surface area (Å²) in [6.07, 6.45) is 29.2. The molecule has 0 radical (unpaired) electrons. The van der Waals surface area contributed by atoms with E-state index in [9.17, 15) is 4.79 Å². The summed E-state index contributed by atoms with van der Waals surface area (Å²) >= 11 is 0. The van der Waals surface area contributed by atoms with Crippen LogP contribution in [0, 0.1) is 0 Å². The number of carboxylic acid groups (broad SMARTS) is 1. The van der Waals surface area contributed by atoms with E-state index >= 15 is 0 Å². The van der Waals surface area contributed by atoms with Crippen molar-refractivity contribution in [2.24, 2.45) is 0 Å². The lowest BCUT2D eigenvalue weighted by atomic mass is 10.1. The Labute approximate surface area is 149 Å². The zero-order chi connectivity index (χ0) is 17.7. The van der Waals surface area contributed by atoms with Crippen LogP contribution in [0.2, 0.25) is 0 Å². The van der Waals surface area contributed by atoms with E-state index in [2.05, 4.69) is 43.4 Å². The molecule has 0 unspecified atom stereocenters. The maximum Gasteiger partial charge on any atom is 0.303 e. The van der Waals surface area contributed by atoms with E-state index < -0.39 is 5.97 Å². The number of hydrogen-bond donors (Lipinski definition) is 1. The van der Waals surface area contributed by atoms with Crippen molar-refractivity contribution in [1.29, 1.82) is 0 Å². The Bertz CT molecular complexity index is 353. The molecule has 0 atom stereocenters. The zero-order valence-corrected chi connectivity index (χ0v) is 15.7. The van der Waals surface area contributed by atoms with Crippen LogP contribution in [0.4, 0.5) is 0 Å². The van der Waals surface area contributed by atoms with Gasteiger partial charge in [0, 0.05) is 6.42 Å². The monoisotopic (exact) mass is 334 g/mol. The number of unbranched alkanes of at least 4 members (excludes halogenated alkanes) is 9. The van der Waals surface area contributed by atoms with Crippen molar-refractivity contribution in [2.45, 2.75) is 96.8 Å². The van der Waals surface area contributed by atoms with Gasteiger partial charge in [-0.15, -0.1) is 0 Å². The largest absolute Gasteiger partial charge is 0.481 e. The topological polar surface area (TPSA) is 37.3 Å². The van der Waals surface area contributed by atoms with Crippen molar-refractivity contribution in [3.8, 4) is 0 Å². The molecule has 0 fully saturated rings. The lowest BCUT2D eigenvalue weighted by Crippen LogP contribution is -1.92. The van der Waals surface area contributed by atoms with Crippen molar-refractivity contribution >= 4 is 5.97 Å². The highest BCUT2D eigenvalue weighted by Gasteiger charge is 1.92. The van der Waals surface area contributed by atoms with Crippen molar-refractivity contribution in [2.75, 3.05) is 0 Å². The van der Waals surface area contributed by atoms with Gasteiger partial charge in [-0.25, -0.2) is 0 Å². The molecule has 0 heterocycles. The average molecular weight is 335 g/mol. The summed E-state index contributed by atoms with van der Waals surface area (Å²) in [5.74, 6) is -0.702. The summed E-state index contributed by atoms with van der Waals surface area (Å²) in [4.78, 5) is 10.3. The van der Waals surface area contributed by atoms with Gasteiger partial charge in [-0.05, 0) is 51.4 Å². The van der Waals surface area contributed by atoms with E-state index in [1.807, 2.05) is 0 Å². The standard InChI is InChI=1S/C22H38O2/c1-2-3-4-5-6-7-8-9-10-11-12-13-14-15-16-17-18-19-20-21-22(23)24/h9-10,13-14,17-18H,2-8,11-12,15-16,19-21H2,1H3,(H,23,24)/b10-9-,14-13-,18-17-. The molecule has 0 rings (SSSR count). The summed E-state index contributed by atoms with van der Waals surface area (Å²) < 4.78 is 0. The van der Waals surface area contributed by atoms with Gasteiger partial charge < -0.3 is 5.11 Å².